The van der Waals surface area contributed by atoms with Crippen molar-refractivity contribution < 1.29 is 4.42 Å². The highest BCUT2D eigenvalue weighted by molar-refractivity contribution is 7.20. The van der Waals surface area contributed by atoms with Crippen LogP contribution in [-0.2, 0) is 13.0 Å². The van der Waals surface area contributed by atoms with E-state index in [1.165, 1.54) is 15.1 Å². The first-order valence-corrected chi connectivity index (χ1v) is 8.82. The molecule has 0 aliphatic rings. The van der Waals surface area contributed by atoms with E-state index in [0.29, 0.717) is 12.6 Å². The summed E-state index contributed by atoms with van der Waals surface area (Å²) in [6.07, 6.45) is 2.64. The number of fused-ring (bicyclic) bond motifs is 1. The van der Waals surface area contributed by atoms with E-state index in [0.717, 1.165) is 29.1 Å². The van der Waals surface area contributed by atoms with Crippen LogP contribution in [0.4, 0.5) is 5.69 Å². The van der Waals surface area contributed by atoms with Gasteiger partial charge in [-0.15, -0.1) is 11.3 Å². The summed E-state index contributed by atoms with van der Waals surface area (Å²) in [5.41, 5.74) is 4.66. The van der Waals surface area contributed by atoms with Crippen LogP contribution in [-0.4, -0.2) is 12.0 Å². The van der Waals surface area contributed by atoms with E-state index in [4.69, 9.17) is 9.40 Å². The third-order valence-electron chi connectivity index (χ3n) is 4.18. The van der Waals surface area contributed by atoms with Gasteiger partial charge in [-0.05, 0) is 51.1 Å². The Morgan fingerprint density at radius 3 is 2.87 bits per heavy atom. The Morgan fingerprint density at radius 1 is 1.39 bits per heavy atom. The van der Waals surface area contributed by atoms with Crippen LogP contribution >= 0.6 is 11.3 Å². The van der Waals surface area contributed by atoms with Crippen LogP contribution in [0.1, 0.15) is 41.8 Å². The van der Waals surface area contributed by atoms with Gasteiger partial charge in [0, 0.05) is 16.6 Å². The maximum absolute atomic E-state index is 5.42. The number of furan rings is 1. The highest BCUT2D eigenvalue weighted by Crippen LogP contribution is 2.38. The molecule has 0 radical (unpaired) electrons. The van der Waals surface area contributed by atoms with Crippen molar-refractivity contribution in [2.75, 3.05) is 12.4 Å². The second kappa shape index (κ2) is 6.72. The van der Waals surface area contributed by atoms with Crippen LogP contribution in [0.25, 0.3) is 10.2 Å². The third-order valence-corrected chi connectivity index (χ3v) is 5.68. The van der Waals surface area contributed by atoms with Crippen LogP contribution < -0.4 is 10.6 Å². The molecule has 4 nitrogen and oxygen atoms in total. The highest BCUT2D eigenvalue weighted by atomic mass is 32.1. The van der Waals surface area contributed by atoms with Crippen molar-refractivity contribution in [1.29, 1.82) is 0 Å². The average molecular weight is 329 g/mol. The zero-order valence-corrected chi connectivity index (χ0v) is 14.9. The fraction of sp³-hybridized carbons (Fsp3) is 0.389. The van der Waals surface area contributed by atoms with E-state index in [1.54, 1.807) is 6.26 Å². The van der Waals surface area contributed by atoms with E-state index in [2.05, 4.69) is 37.5 Å². The van der Waals surface area contributed by atoms with Crippen molar-refractivity contribution in [3.8, 4) is 0 Å². The summed E-state index contributed by atoms with van der Waals surface area (Å²) >= 11 is 1.82. The van der Waals surface area contributed by atoms with Crippen LogP contribution in [0.5, 0.6) is 0 Å². The summed E-state index contributed by atoms with van der Waals surface area (Å²) in [6.45, 7) is 7.19. The molecule has 0 unspecified atom stereocenters. The van der Waals surface area contributed by atoms with E-state index in [1.807, 2.05) is 30.5 Å². The lowest BCUT2D eigenvalue weighted by molar-refractivity contribution is 0.518. The lowest BCUT2D eigenvalue weighted by atomic mass is 10.1. The molecule has 0 amide bonds. The van der Waals surface area contributed by atoms with Crippen LogP contribution in [0.15, 0.2) is 28.9 Å². The summed E-state index contributed by atoms with van der Waals surface area (Å²) in [7, 11) is 2.00. The minimum Gasteiger partial charge on any atom is -0.467 e. The SMILES string of the molecule is CCc1cc(NCc2ccco2)c2sc([C@H](C)NC)c(C)c2n1. The van der Waals surface area contributed by atoms with Crippen LogP contribution in [0.2, 0.25) is 0 Å². The van der Waals surface area contributed by atoms with E-state index in [9.17, 15) is 0 Å². The summed E-state index contributed by atoms with van der Waals surface area (Å²) in [5.74, 6) is 0.935. The predicted molar refractivity (Wildman–Crippen MR) is 97.2 cm³/mol. The fourth-order valence-corrected chi connectivity index (χ4v) is 4.00. The molecule has 5 heteroatoms. The molecule has 122 valence electrons. The number of hydrogen-bond donors (Lipinski definition) is 2. The number of hydrogen-bond acceptors (Lipinski definition) is 5. The topological polar surface area (TPSA) is 50.1 Å². The maximum atomic E-state index is 5.42. The van der Waals surface area contributed by atoms with Gasteiger partial charge in [-0.2, -0.15) is 0 Å². The normalized spacial score (nSPS) is 12.7. The molecule has 0 saturated carbocycles. The molecule has 3 aromatic heterocycles. The maximum Gasteiger partial charge on any atom is 0.122 e. The van der Waals surface area contributed by atoms with Gasteiger partial charge in [-0.3, -0.25) is 4.98 Å². The highest BCUT2D eigenvalue weighted by Gasteiger charge is 2.17. The summed E-state index contributed by atoms with van der Waals surface area (Å²) in [5, 5.41) is 6.85. The number of nitrogens with zero attached hydrogens (tertiary/aromatic N) is 1. The minimum absolute atomic E-state index is 0.331. The van der Waals surface area contributed by atoms with Crippen molar-refractivity contribution in [1.82, 2.24) is 10.3 Å². The van der Waals surface area contributed by atoms with Gasteiger partial charge in [-0.25, -0.2) is 0 Å². The molecule has 0 aliphatic heterocycles. The van der Waals surface area contributed by atoms with Gasteiger partial charge in [0.2, 0.25) is 0 Å². The molecule has 0 saturated heterocycles. The second-order valence-electron chi connectivity index (χ2n) is 5.73. The van der Waals surface area contributed by atoms with Crippen molar-refractivity contribution in [2.24, 2.45) is 0 Å². The fourth-order valence-electron chi connectivity index (χ4n) is 2.70. The van der Waals surface area contributed by atoms with Gasteiger partial charge in [-0.1, -0.05) is 6.92 Å². The molecular weight excluding hydrogens is 306 g/mol. The molecular formula is C18H23N3OS. The first kappa shape index (κ1) is 16.0. The second-order valence-corrected chi connectivity index (χ2v) is 6.78. The molecule has 2 N–H and O–H groups in total. The van der Waals surface area contributed by atoms with Gasteiger partial charge in [0.15, 0.2) is 0 Å². The average Bonchev–Trinajstić information content (AvgIpc) is 3.20. The zero-order valence-electron chi connectivity index (χ0n) is 14.1. The number of nitrogens with one attached hydrogen (secondary N) is 2. The molecule has 0 spiro atoms. The number of rotatable bonds is 6. The third kappa shape index (κ3) is 3.12. The van der Waals surface area contributed by atoms with E-state index in [-0.39, 0.29) is 0 Å². The first-order valence-electron chi connectivity index (χ1n) is 8.00. The van der Waals surface area contributed by atoms with Gasteiger partial charge in [0.1, 0.15) is 5.76 Å². The Morgan fingerprint density at radius 2 is 2.22 bits per heavy atom. The van der Waals surface area contributed by atoms with Crippen molar-refractivity contribution >= 4 is 27.2 Å². The lowest BCUT2D eigenvalue weighted by Gasteiger charge is -2.08. The zero-order chi connectivity index (χ0) is 16.4. The Kier molecular flexibility index (Phi) is 4.68. The Bertz CT molecular complexity index is 792. The molecule has 3 heterocycles. The Balaban J connectivity index is 2.04. The summed E-state index contributed by atoms with van der Waals surface area (Å²) in [6, 6.07) is 6.39. The molecule has 1 atom stereocenters. The number of aryl methyl sites for hydroxylation is 2. The largest absolute Gasteiger partial charge is 0.467 e. The first-order chi connectivity index (χ1) is 11.1. The number of thiophene rings is 1. The van der Waals surface area contributed by atoms with Crippen LogP contribution in [0.3, 0.4) is 0 Å². The van der Waals surface area contributed by atoms with Gasteiger partial charge >= 0.3 is 0 Å². The molecule has 0 fully saturated rings. The van der Waals surface area contributed by atoms with E-state index < -0.39 is 0 Å². The molecule has 3 rings (SSSR count). The van der Waals surface area contributed by atoms with E-state index >= 15 is 0 Å². The van der Waals surface area contributed by atoms with Crippen molar-refractivity contribution in [3.63, 3.8) is 0 Å². The quantitative estimate of drug-likeness (QED) is 0.691. The van der Waals surface area contributed by atoms with Crippen molar-refractivity contribution in [2.45, 2.75) is 39.8 Å². The number of aromatic nitrogens is 1. The summed E-state index contributed by atoms with van der Waals surface area (Å²) in [4.78, 5) is 6.21. The van der Waals surface area contributed by atoms with Crippen LogP contribution in [0, 0.1) is 6.92 Å². The Labute approximate surface area is 140 Å². The Hall–Kier alpha value is -1.85. The van der Waals surface area contributed by atoms with Crippen molar-refractivity contribution in [3.05, 3.63) is 46.4 Å². The van der Waals surface area contributed by atoms with Gasteiger partial charge < -0.3 is 15.1 Å². The summed E-state index contributed by atoms with van der Waals surface area (Å²) < 4.78 is 6.65. The molecule has 3 aromatic rings. The number of anilines is 1. The predicted octanol–water partition coefficient (Wildman–Crippen LogP) is 4.65. The number of pyridine rings is 1. The van der Waals surface area contributed by atoms with Gasteiger partial charge in [0.05, 0.1) is 28.7 Å². The molecule has 0 aromatic carbocycles. The molecule has 0 bridgehead atoms. The minimum atomic E-state index is 0.331. The smallest absolute Gasteiger partial charge is 0.122 e. The molecule has 0 aliphatic carbocycles. The lowest BCUT2D eigenvalue weighted by Crippen LogP contribution is -2.11. The standard InChI is InChI=1S/C18H23N3OS/c1-5-13-9-15(20-10-14-7-6-8-22-14)18-16(21-13)11(2)17(23-18)12(3)19-4/h6-9,12,19H,5,10H2,1-4H3,(H,20,21)/t12-/m0/s1. The monoisotopic (exact) mass is 329 g/mol. The van der Waals surface area contributed by atoms with Gasteiger partial charge in [0.25, 0.3) is 0 Å². The molecule has 23 heavy (non-hydrogen) atoms.